The number of urea groups is 1. The Labute approximate surface area is 125 Å². The van der Waals surface area contributed by atoms with E-state index in [1.54, 1.807) is 18.2 Å². The summed E-state index contributed by atoms with van der Waals surface area (Å²) in [6.45, 7) is 0.436. The predicted molar refractivity (Wildman–Crippen MR) is 81.2 cm³/mol. The summed E-state index contributed by atoms with van der Waals surface area (Å²) in [5.74, 6) is 0. The van der Waals surface area contributed by atoms with Crippen LogP contribution in [0.25, 0.3) is 0 Å². The van der Waals surface area contributed by atoms with Gasteiger partial charge in [-0.05, 0) is 23.8 Å². The van der Waals surface area contributed by atoms with Crippen LogP contribution in [0.5, 0.6) is 0 Å². The largest absolute Gasteiger partial charge is 0.334 e. The van der Waals surface area contributed by atoms with Crippen molar-refractivity contribution in [2.45, 2.75) is 6.54 Å². The van der Waals surface area contributed by atoms with Gasteiger partial charge in [0.15, 0.2) is 0 Å². The summed E-state index contributed by atoms with van der Waals surface area (Å²) < 4.78 is 0.796. The number of benzene rings is 2. The molecular formula is C15H12BrN3O. The lowest BCUT2D eigenvalue weighted by molar-refractivity contribution is 0.251. The predicted octanol–water partition coefficient (Wildman–Crippen LogP) is 3.64. The Morgan fingerprint density at radius 2 is 1.95 bits per heavy atom. The van der Waals surface area contributed by atoms with Gasteiger partial charge in [0.2, 0.25) is 0 Å². The average molecular weight is 330 g/mol. The molecule has 2 aromatic rings. The first kappa shape index (κ1) is 14.1. The molecular weight excluding hydrogens is 318 g/mol. The van der Waals surface area contributed by atoms with E-state index >= 15 is 0 Å². The second-order valence-corrected chi connectivity index (χ2v) is 5.01. The third-order valence-electron chi connectivity index (χ3n) is 2.65. The van der Waals surface area contributed by atoms with Crippen molar-refractivity contribution in [3.63, 3.8) is 0 Å². The number of amides is 2. The second kappa shape index (κ2) is 6.73. The first-order chi connectivity index (χ1) is 9.69. The van der Waals surface area contributed by atoms with Crippen molar-refractivity contribution in [3.8, 4) is 6.07 Å². The van der Waals surface area contributed by atoms with E-state index in [-0.39, 0.29) is 6.03 Å². The maximum Gasteiger partial charge on any atom is 0.319 e. The molecule has 20 heavy (non-hydrogen) atoms. The molecule has 0 fully saturated rings. The zero-order chi connectivity index (χ0) is 14.4. The molecule has 0 atom stereocenters. The van der Waals surface area contributed by atoms with Gasteiger partial charge in [-0.15, -0.1) is 0 Å². The molecule has 0 saturated heterocycles. The van der Waals surface area contributed by atoms with Crippen molar-refractivity contribution in [1.82, 2.24) is 5.32 Å². The first-order valence-corrected chi connectivity index (χ1v) is 6.77. The van der Waals surface area contributed by atoms with Crippen molar-refractivity contribution in [2.24, 2.45) is 0 Å². The van der Waals surface area contributed by atoms with E-state index in [1.165, 1.54) is 0 Å². The van der Waals surface area contributed by atoms with Crippen LogP contribution in [0.3, 0.4) is 0 Å². The van der Waals surface area contributed by atoms with Crippen molar-refractivity contribution in [1.29, 1.82) is 5.26 Å². The van der Waals surface area contributed by atoms with E-state index in [9.17, 15) is 4.79 Å². The summed E-state index contributed by atoms with van der Waals surface area (Å²) in [5, 5.41) is 14.4. The minimum absolute atomic E-state index is 0.340. The van der Waals surface area contributed by atoms with E-state index in [2.05, 4.69) is 26.6 Å². The van der Waals surface area contributed by atoms with Gasteiger partial charge in [0.05, 0.1) is 11.3 Å². The fraction of sp³-hybridized carbons (Fsp3) is 0.0667. The minimum atomic E-state index is -0.340. The number of rotatable bonds is 3. The quantitative estimate of drug-likeness (QED) is 0.902. The Bertz CT molecular complexity index is 650. The molecule has 2 rings (SSSR count). The Hall–Kier alpha value is -2.32. The standard InChI is InChI=1S/C15H12BrN3O/c16-13-6-7-14(12(8-13)9-17)19-15(20)18-10-11-4-2-1-3-5-11/h1-8H,10H2,(H2,18,19,20). The third-order valence-corrected chi connectivity index (χ3v) is 3.14. The zero-order valence-electron chi connectivity index (χ0n) is 10.6. The topological polar surface area (TPSA) is 64.9 Å². The molecule has 0 aromatic heterocycles. The number of nitrogens with zero attached hydrogens (tertiary/aromatic N) is 1. The van der Waals surface area contributed by atoms with Gasteiger partial charge in [-0.2, -0.15) is 5.26 Å². The molecule has 0 heterocycles. The van der Waals surface area contributed by atoms with Gasteiger partial charge in [0.1, 0.15) is 6.07 Å². The summed E-state index contributed by atoms with van der Waals surface area (Å²) in [7, 11) is 0. The Morgan fingerprint density at radius 1 is 1.20 bits per heavy atom. The molecule has 4 nitrogen and oxygen atoms in total. The number of nitriles is 1. The number of carbonyl (C=O) groups is 1. The van der Waals surface area contributed by atoms with Crippen LogP contribution in [0.15, 0.2) is 53.0 Å². The number of nitrogens with one attached hydrogen (secondary N) is 2. The molecule has 0 saturated carbocycles. The summed E-state index contributed by atoms with van der Waals surface area (Å²) in [4.78, 5) is 11.8. The SMILES string of the molecule is N#Cc1cc(Br)ccc1NC(=O)NCc1ccccc1. The minimum Gasteiger partial charge on any atom is -0.334 e. The van der Waals surface area contributed by atoms with Gasteiger partial charge >= 0.3 is 6.03 Å². The monoisotopic (exact) mass is 329 g/mol. The van der Waals surface area contributed by atoms with E-state index in [0.717, 1.165) is 10.0 Å². The lowest BCUT2D eigenvalue weighted by atomic mass is 10.2. The molecule has 5 heteroatoms. The van der Waals surface area contributed by atoms with Gasteiger partial charge in [0, 0.05) is 11.0 Å². The van der Waals surface area contributed by atoms with Crippen molar-refractivity contribution >= 4 is 27.6 Å². The van der Waals surface area contributed by atoms with Crippen molar-refractivity contribution < 1.29 is 4.79 Å². The van der Waals surface area contributed by atoms with Gasteiger partial charge < -0.3 is 10.6 Å². The van der Waals surface area contributed by atoms with Gasteiger partial charge in [-0.3, -0.25) is 0 Å². The highest BCUT2D eigenvalue weighted by atomic mass is 79.9. The number of hydrogen-bond donors (Lipinski definition) is 2. The van der Waals surface area contributed by atoms with Crippen LogP contribution in [-0.4, -0.2) is 6.03 Å². The fourth-order valence-electron chi connectivity index (χ4n) is 1.66. The van der Waals surface area contributed by atoms with Crippen LogP contribution in [0.1, 0.15) is 11.1 Å². The molecule has 0 aliphatic heterocycles. The van der Waals surface area contributed by atoms with E-state index in [4.69, 9.17) is 5.26 Å². The zero-order valence-corrected chi connectivity index (χ0v) is 12.1. The number of hydrogen-bond acceptors (Lipinski definition) is 2. The van der Waals surface area contributed by atoms with Crippen LogP contribution in [0.2, 0.25) is 0 Å². The molecule has 0 unspecified atom stereocenters. The lowest BCUT2D eigenvalue weighted by Crippen LogP contribution is -2.28. The highest BCUT2D eigenvalue weighted by molar-refractivity contribution is 9.10. The van der Waals surface area contributed by atoms with Crippen LogP contribution in [-0.2, 0) is 6.54 Å². The summed E-state index contributed by atoms with van der Waals surface area (Å²) in [6, 6.07) is 16.4. The second-order valence-electron chi connectivity index (χ2n) is 4.09. The number of halogens is 1. The Morgan fingerprint density at radius 3 is 2.65 bits per heavy atom. The normalized spacial score (nSPS) is 9.60. The number of carbonyl (C=O) groups excluding carboxylic acids is 1. The molecule has 2 aromatic carbocycles. The van der Waals surface area contributed by atoms with Crippen molar-refractivity contribution in [3.05, 3.63) is 64.1 Å². The molecule has 0 bridgehead atoms. The van der Waals surface area contributed by atoms with Gasteiger partial charge in [-0.25, -0.2) is 4.79 Å². The summed E-state index contributed by atoms with van der Waals surface area (Å²) in [5.41, 5.74) is 1.91. The first-order valence-electron chi connectivity index (χ1n) is 5.97. The van der Waals surface area contributed by atoms with Gasteiger partial charge in [0.25, 0.3) is 0 Å². The number of anilines is 1. The Kier molecular flexibility index (Phi) is 4.75. The lowest BCUT2D eigenvalue weighted by Gasteiger charge is -2.09. The maximum absolute atomic E-state index is 11.8. The Balaban J connectivity index is 1.97. The van der Waals surface area contributed by atoms with E-state index in [0.29, 0.717) is 17.8 Å². The molecule has 0 aliphatic carbocycles. The maximum atomic E-state index is 11.8. The summed E-state index contributed by atoms with van der Waals surface area (Å²) in [6.07, 6.45) is 0. The fourth-order valence-corrected chi connectivity index (χ4v) is 2.02. The van der Waals surface area contributed by atoms with Crippen LogP contribution in [0.4, 0.5) is 10.5 Å². The highest BCUT2D eigenvalue weighted by Crippen LogP contribution is 2.20. The van der Waals surface area contributed by atoms with Crippen LogP contribution in [0, 0.1) is 11.3 Å². The molecule has 100 valence electrons. The molecule has 2 amide bonds. The molecule has 0 spiro atoms. The van der Waals surface area contributed by atoms with Crippen molar-refractivity contribution in [2.75, 3.05) is 5.32 Å². The van der Waals surface area contributed by atoms with Crippen LogP contribution >= 0.6 is 15.9 Å². The third kappa shape index (κ3) is 3.84. The molecule has 0 aliphatic rings. The molecule has 0 radical (unpaired) electrons. The van der Waals surface area contributed by atoms with E-state index < -0.39 is 0 Å². The molecule has 2 N–H and O–H groups in total. The van der Waals surface area contributed by atoms with Crippen LogP contribution < -0.4 is 10.6 Å². The average Bonchev–Trinajstić information content (AvgIpc) is 2.48. The summed E-state index contributed by atoms with van der Waals surface area (Å²) >= 11 is 3.29. The van der Waals surface area contributed by atoms with E-state index in [1.807, 2.05) is 36.4 Å². The highest BCUT2D eigenvalue weighted by Gasteiger charge is 2.06. The van der Waals surface area contributed by atoms with Gasteiger partial charge in [-0.1, -0.05) is 46.3 Å². The smallest absolute Gasteiger partial charge is 0.319 e.